The Morgan fingerprint density at radius 1 is 1.10 bits per heavy atom. The zero-order valence-corrected chi connectivity index (χ0v) is 11.2. The first-order chi connectivity index (χ1) is 9.77. The summed E-state index contributed by atoms with van der Waals surface area (Å²) >= 11 is 0. The van der Waals surface area contributed by atoms with Crippen molar-refractivity contribution in [3.63, 3.8) is 0 Å². The van der Waals surface area contributed by atoms with Gasteiger partial charge in [0, 0.05) is 6.42 Å². The number of hydrogen-bond donors (Lipinski definition) is 5. The zero-order valence-electron chi connectivity index (χ0n) is 11.2. The van der Waals surface area contributed by atoms with E-state index in [9.17, 15) is 19.2 Å². The van der Waals surface area contributed by atoms with E-state index in [1.165, 1.54) is 0 Å². The molecule has 10 nitrogen and oxygen atoms in total. The van der Waals surface area contributed by atoms with Crippen molar-refractivity contribution in [3.8, 4) is 0 Å². The van der Waals surface area contributed by atoms with E-state index in [-0.39, 0.29) is 26.1 Å². The molecule has 0 heterocycles. The molecule has 0 aromatic rings. The van der Waals surface area contributed by atoms with Gasteiger partial charge in [-0.3, -0.25) is 14.4 Å². The van der Waals surface area contributed by atoms with Crippen molar-refractivity contribution in [1.29, 1.82) is 0 Å². The maximum atomic E-state index is 11.5. The predicted octanol–water partition coefficient (Wildman–Crippen LogP) is -2.71. The summed E-state index contributed by atoms with van der Waals surface area (Å²) in [5.74, 6) is -3.03. The van der Waals surface area contributed by atoms with Crippen molar-refractivity contribution in [2.75, 3.05) is 13.2 Å². The summed E-state index contributed by atoms with van der Waals surface area (Å²) in [6.45, 7) is -0.541. The van der Waals surface area contributed by atoms with Crippen LogP contribution in [-0.2, 0) is 23.9 Å². The molecule has 0 spiro atoms. The first kappa shape index (κ1) is 19.0. The second-order valence-electron chi connectivity index (χ2n) is 4.28. The highest BCUT2D eigenvalue weighted by atomic mass is 16.5. The molecule has 1 amide bonds. The molecular formula is C11H19N3O7. The number of carbonyl (C=O) groups is 4. The molecule has 0 saturated carbocycles. The van der Waals surface area contributed by atoms with E-state index in [1.54, 1.807) is 0 Å². The number of carboxylic acid groups (broad SMARTS) is 2. The molecule has 7 N–H and O–H groups in total. The molecule has 21 heavy (non-hydrogen) atoms. The van der Waals surface area contributed by atoms with Gasteiger partial charge in [0.15, 0.2) is 0 Å². The lowest BCUT2D eigenvalue weighted by Gasteiger charge is -2.14. The van der Waals surface area contributed by atoms with Crippen molar-refractivity contribution in [2.45, 2.75) is 31.0 Å². The Balaban J connectivity index is 4.02. The van der Waals surface area contributed by atoms with E-state index >= 15 is 0 Å². The lowest BCUT2D eigenvalue weighted by molar-refractivity contribution is -0.141. The van der Waals surface area contributed by atoms with Gasteiger partial charge in [-0.05, 0) is 6.42 Å². The van der Waals surface area contributed by atoms with Crippen LogP contribution in [0.3, 0.4) is 0 Å². The van der Waals surface area contributed by atoms with Crippen LogP contribution in [0, 0.1) is 0 Å². The average molecular weight is 305 g/mol. The number of nitrogens with one attached hydrogen (secondary N) is 1. The summed E-state index contributed by atoms with van der Waals surface area (Å²) in [7, 11) is 0. The number of rotatable bonds is 11. The Morgan fingerprint density at radius 2 is 1.67 bits per heavy atom. The third-order valence-corrected chi connectivity index (χ3v) is 2.42. The fourth-order valence-electron chi connectivity index (χ4n) is 1.20. The highest BCUT2D eigenvalue weighted by Crippen LogP contribution is 1.96. The molecule has 0 aromatic carbocycles. The molecule has 0 aromatic heterocycles. The summed E-state index contributed by atoms with van der Waals surface area (Å²) in [5, 5.41) is 19.4. The van der Waals surface area contributed by atoms with Gasteiger partial charge in [-0.1, -0.05) is 0 Å². The van der Waals surface area contributed by atoms with Gasteiger partial charge in [-0.15, -0.1) is 0 Å². The van der Waals surface area contributed by atoms with Gasteiger partial charge in [0.05, 0.1) is 13.2 Å². The van der Waals surface area contributed by atoms with Crippen molar-refractivity contribution >= 4 is 24.1 Å². The smallest absolute Gasteiger partial charge is 0.322 e. The molecule has 0 aliphatic rings. The largest absolute Gasteiger partial charge is 0.480 e. The van der Waals surface area contributed by atoms with Crippen LogP contribution in [0.4, 0.5) is 0 Å². The molecule has 0 aliphatic carbocycles. The van der Waals surface area contributed by atoms with Gasteiger partial charge < -0.3 is 36.5 Å². The molecule has 10 heteroatoms. The SMILES string of the molecule is NC(CCC(=O)NC(C=O)COCC(N)C(=O)O)C(=O)O. The van der Waals surface area contributed by atoms with E-state index < -0.39 is 36.0 Å². The second-order valence-corrected chi connectivity index (χ2v) is 4.28. The molecule has 0 rings (SSSR count). The average Bonchev–Trinajstić information content (AvgIpc) is 2.42. The summed E-state index contributed by atoms with van der Waals surface area (Å²) in [5.41, 5.74) is 10.4. The Kier molecular flexibility index (Phi) is 8.85. The lowest BCUT2D eigenvalue weighted by atomic mass is 10.1. The number of carboxylic acids is 2. The Labute approximate surface area is 120 Å². The highest BCUT2D eigenvalue weighted by Gasteiger charge is 2.17. The summed E-state index contributed by atoms with van der Waals surface area (Å²) < 4.78 is 4.90. The number of aldehydes is 1. The normalized spacial score (nSPS) is 14.8. The molecular weight excluding hydrogens is 286 g/mol. The van der Waals surface area contributed by atoms with Crippen LogP contribution in [0.2, 0.25) is 0 Å². The van der Waals surface area contributed by atoms with Crippen LogP contribution >= 0.6 is 0 Å². The summed E-state index contributed by atoms with van der Waals surface area (Å²) in [6, 6.07) is -3.35. The Hall–Kier alpha value is -2.04. The third-order valence-electron chi connectivity index (χ3n) is 2.42. The second kappa shape index (κ2) is 9.80. The number of carbonyl (C=O) groups excluding carboxylic acids is 2. The number of amides is 1. The monoisotopic (exact) mass is 305 g/mol. The van der Waals surface area contributed by atoms with Crippen molar-refractivity contribution in [1.82, 2.24) is 5.32 Å². The predicted molar refractivity (Wildman–Crippen MR) is 69.3 cm³/mol. The molecule has 120 valence electrons. The summed E-state index contributed by atoms with van der Waals surface area (Å²) in [6.07, 6.45) is 0.186. The van der Waals surface area contributed by atoms with Crippen LogP contribution in [0.25, 0.3) is 0 Å². The van der Waals surface area contributed by atoms with Gasteiger partial charge in [0.2, 0.25) is 5.91 Å². The Bertz CT molecular complexity index is 388. The van der Waals surface area contributed by atoms with Gasteiger partial charge in [0.1, 0.15) is 24.4 Å². The topological polar surface area (TPSA) is 182 Å². The van der Waals surface area contributed by atoms with Gasteiger partial charge in [-0.25, -0.2) is 0 Å². The van der Waals surface area contributed by atoms with E-state index in [4.69, 9.17) is 26.4 Å². The maximum absolute atomic E-state index is 11.5. The first-order valence-corrected chi connectivity index (χ1v) is 6.07. The first-order valence-electron chi connectivity index (χ1n) is 6.07. The number of nitrogens with two attached hydrogens (primary N) is 2. The fraction of sp³-hybridized carbons (Fsp3) is 0.636. The standard InChI is InChI=1S/C11H19N3O7/c12-7(10(17)18)1-2-9(16)14-6(3-15)4-21-5-8(13)11(19)20/h3,6-8H,1-2,4-5,12-13H2,(H,14,16)(H,17,18)(H,19,20). The van der Waals surface area contributed by atoms with Crippen LogP contribution < -0.4 is 16.8 Å². The Morgan fingerprint density at radius 3 is 2.14 bits per heavy atom. The summed E-state index contributed by atoms with van der Waals surface area (Å²) in [4.78, 5) is 43.1. The fourth-order valence-corrected chi connectivity index (χ4v) is 1.20. The van der Waals surface area contributed by atoms with Crippen molar-refractivity contribution < 1.29 is 34.1 Å². The van der Waals surface area contributed by atoms with E-state index in [0.29, 0.717) is 6.29 Å². The maximum Gasteiger partial charge on any atom is 0.322 e. The number of ether oxygens (including phenoxy) is 1. The minimum Gasteiger partial charge on any atom is -0.480 e. The number of aliphatic carboxylic acids is 2. The van der Waals surface area contributed by atoms with Crippen molar-refractivity contribution in [3.05, 3.63) is 0 Å². The van der Waals surface area contributed by atoms with E-state index in [1.807, 2.05) is 0 Å². The van der Waals surface area contributed by atoms with Crippen LogP contribution in [0.1, 0.15) is 12.8 Å². The van der Waals surface area contributed by atoms with Gasteiger partial charge in [-0.2, -0.15) is 0 Å². The quantitative estimate of drug-likeness (QED) is 0.253. The van der Waals surface area contributed by atoms with Crippen LogP contribution in [0.5, 0.6) is 0 Å². The molecule has 0 fully saturated rings. The molecule has 3 unspecified atom stereocenters. The molecule has 0 aliphatic heterocycles. The van der Waals surface area contributed by atoms with Crippen LogP contribution in [-0.4, -0.2) is 65.7 Å². The lowest BCUT2D eigenvalue weighted by Crippen LogP contribution is -2.42. The molecule has 0 radical (unpaired) electrons. The molecule has 0 saturated heterocycles. The van der Waals surface area contributed by atoms with Gasteiger partial charge in [0.25, 0.3) is 0 Å². The van der Waals surface area contributed by atoms with Gasteiger partial charge >= 0.3 is 11.9 Å². The third kappa shape index (κ3) is 8.68. The zero-order chi connectivity index (χ0) is 16.4. The van der Waals surface area contributed by atoms with Crippen LogP contribution in [0.15, 0.2) is 0 Å². The highest BCUT2D eigenvalue weighted by molar-refractivity contribution is 5.81. The minimum atomic E-state index is -1.25. The van der Waals surface area contributed by atoms with E-state index in [2.05, 4.69) is 5.32 Å². The van der Waals surface area contributed by atoms with Crippen molar-refractivity contribution in [2.24, 2.45) is 11.5 Å². The minimum absolute atomic E-state index is 0.0719. The molecule has 3 atom stereocenters. The number of hydrogen-bond acceptors (Lipinski definition) is 7. The van der Waals surface area contributed by atoms with E-state index in [0.717, 1.165) is 0 Å². The molecule has 0 bridgehead atoms.